The van der Waals surface area contributed by atoms with Gasteiger partial charge in [-0.3, -0.25) is 4.90 Å². The lowest BCUT2D eigenvalue weighted by Crippen LogP contribution is -2.45. The van der Waals surface area contributed by atoms with Crippen molar-refractivity contribution < 1.29 is 4.39 Å². The average Bonchev–Trinajstić information content (AvgIpc) is 2.36. The van der Waals surface area contributed by atoms with E-state index in [9.17, 15) is 4.39 Å². The maximum Gasteiger partial charge on any atom is 0.123 e. The number of nitrogens with zero attached hydrogens (tertiary/aromatic N) is 1. The highest BCUT2D eigenvalue weighted by atomic mass is 79.9. The van der Waals surface area contributed by atoms with Crippen LogP contribution in [0, 0.1) is 5.82 Å². The molecule has 0 bridgehead atoms. The van der Waals surface area contributed by atoms with Gasteiger partial charge in [-0.1, -0.05) is 22.9 Å². The van der Waals surface area contributed by atoms with Crippen LogP contribution in [0.25, 0.3) is 0 Å². The first-order valence-corrected chi connectivity index (χ1v) is 6.91. The number of hydrogen-bond acceptors (Lipinski definition) is 2. The van der Waals surface area contributed by atoms with E-state index in [1.807, 2.05) is 0 Å². The minimum absolute atomic E-state index is 0. The molecule has 1 heterocycles. The second-order valence-corrected chi connectivity index (χ2v) is 5.23. The molecule has 1 fully saturated rings. The van der Waals surface area contributed by atoms with Crippen molar-refractivity contribution in [3.05, 3.63) is 34.1 Å². The molecule has 1 atom stereocenters. The predicted molar refractivity (Wildman–Crippen MR) is 78.8 cm³/mol. The van der Waals surface area contributed by atoms with Gasteiger partial charge >= 0.3 is 0 Å². The van der Waals surface area contributed by atoms with Crippen molar-refractivity contribution in [2.45, 2.75) is 19.4 Å². The van der Waals surface area contributed by atoms with Crippen LogP contribution in [0.15, 0.2) is 22.7 Å². The van der Waals surface area contributed by atoms with Crippen molar-refractivity contribution in [1.29, 1.82) is 0 Å². The van der Waals surface area contributed by atoms with E-state index in [1.54, 1.807) is 12.1 Å². The lowest BCUT2D eigenvalue weighted by Gasteiger charge is -2.35. The number of benzene rings is 1. The first-order valence-electron chi connectivity index (χ1n) is 6.12. The van der Waals surface area contributed by atoms with Crippen LogP contribution in [0.1, 0.15) is 24.9 Å². The molecule has 102 valence electrons. The molecule has 0 radical (unpaired) electrons. The Morgan fingerprint density at radius 3 is 2.67 bits per heavy atom. The molecule has 0 aliphatic carbocycles. The summed E-state index contributed by atoms with van der Waals surface area (Å²) in [5.74, 6) is -0.156. The van der Waals surface area contributed by atoms with Crippen molar-refractivity contribution in [3.8, 4) is 0 Å². The van der Waals surface area contributed by atoms with Crippen LogP contribution in [0.4, 0.5) is 4.39 Å². The zero-order valence-electron chi connectivity index (χ0n) is 10.5. The molecule has 0 amide bonds. The van der Waals surface area contributed by atoms with Gasteiger partial charge in [-0.25, -0.2) is 4.39 Å². The van der Waals surface area contributed by atoms with E-state index in [1.165, 1.54) is 6.07 Å². The summed E-state index contributed by atoms with van der Waals surface area (Å²) >= 11 is 3.53. The van der Waals surface area contributed by atoms with Gasteiger partial charge in [0.15, 0.2) is 0 Å². The molecule has 1 aromatic carbocycles. The molecule has 1 N–H and O–H groups in total. The molecule has 5 heteroatoms. The molecule has 0 spiro atoms. The molecular formula is C13H19BrClFN2. The highest BCUT2D eigenvalue weighted by Gasteiger charge is 2.22. The molecule has 1 aliphatic rings. The molecule has 2 nitrogen and oxygen atoms in total. The van der Waals surface area contributed by atoms with Gasteiger partial charge in [-0.15, -0.1) is 12.4 Å². The topological polar surface area (TPSA) is 15.3 Å². The second kappa shape index (κ2) is 7.43. The van der Waals surface area contributed by atoms with Gasteiger partial charge in [0.1, 0.15) is 5.82 Å². The van der Waals surface area contributed by atoms with Gasteiger partial charge in [-0.05, 0) is 30.2 Å². The molecular weight excluding hydrogens is 319 g/mol. The van der Waals surface area contributed by atoms with Gasteiger partial charge in [0.05, 0.1) is 0 Å². The van der Waals surface area contributed by atoms with Crippen molar-refractivity contribution >= 4 is 28.3 Å². The van der Waals surface area contributed by atoms with E-state index >= 15 is 0 Å². The van der Waals surface area contributed by atoms with Crippen LogP contribution < -0.4 is 5.32 Å². The van der Waals surface area contributed by atoms with Crippen LogP contribution in [-0.2, 0) is 0 Å². The molecule has 0 aromatic heterocycles. The Labute approximate surface area is 122 Å². The fourth-order valence-electron chi connectivity index (χ4n) is 2.44. The summed E-state index contributed by atoms with van der Waals surface area (Å²) in [6.07, 6.45) is 1.00. The summed E-state index contributed by atoms with van der Waals surface area (Å²) in [5, 5.41) is 3.34. The van der Waals surface area contributed by atoms with Crippen LogP contribution in [-0.4, -0.2) is 31.1 Å². The van der Waals surface area contributed by atoms with E-state index < -0.39 is 0 Å². The molecule has 1 saturated heterocycles. The van der Waals surface area contributed by atoms with Crippen LogP contribution in [0.5, 0.6) is 0 Å². The second-order valence-electron chi connectivity index (χ2n) is 4.38. The fraction of sp³-hybridized carbons (Fsp3) is 0.538. The van der Waals surface area contributed by atoms with Gasteiger partial charge < -0.3 is 5.32 Å². The molecule has 0 unspecified atom stereocenters. The minimum atomic E-state index is -0.156. The Morgan fingerprint density at radius 1 is 1.39 bits per heavy atom. The van der Waals surface area contributed by atoms with Gasteiger partial charge in [0, 0.05) is 36.7 Å². The first-order chi connectivity index (χ1) is 8.22. The quantitative estimate of drug-likeness (QED) is 0.910. The third-order valence-corrected chi connectivity index (χ3v) is 4.02. The summed E-state index contributed by atoms with van der Waals surface area (Å²) in [4.78, 5) is 2.43. The van der Waals surface area contributed by atoms with Gasteiger partial charge in [0.25, 0.3) is 0 Å². The van der Waals surface area contributed by atoms with Gasteiger partial charge in [-0.2, -0.15) is 0 Å². The van der Waals surface area contributed by atoms with E-state index in [2.05, 4.69) is 33.1 Å². The zero-order chi connectivity index (χ0) is 12.3. The molecule has 18 heavy (non-hydrogen) atoms. The van der Waals surface area contributed by atoms with Crippen LogP contribution >= 0.6 is 28.3 Å². The molecule has 1 aliphatic heterocycles. The molecule has 1 aromatic rings. The predicted octanol–water partition coefficient (Wildman–Crippen LogP) is 3.37. The maximum absolute atomic E-state index is 13.4. The van der Waals surface area contributed by atoms with Gasteiger partial charge in [0.2, 0.25) is 0 Å². The number of nitrogens with one attached hydrogen (secondary N) is 1. The van der Waals surface area contributed by atoms with E-state index in [-0.39, 0.29) is 18.2 Å². The van der Waals surface area contributed by atoms with Crippen molar-refractivity contribution in [3.63, 3.8) is 0 Å². The Balaban J connectivity index is 0.00000162. The Kier molecular flexibility index (Phi) is 6.57. The highest BCUT2D eigenvalue weighted by molar-refractivity contribution is 9.10. The van der Waals surface area contributed by atoms with E-state index in [0.29, 0.717) is 6.04 Å². The Hall–Kier alpha value is -0.160. The van der Waals surface area contributed by atoms with E-state index in [4.69, 9.17) is 0 Å². The standard InChI is InChI=1S/C13H18BrFN2.ClH/c1-2-13(17-7-5-16-6-8-17)11-9-10(15)3-4-12(11)14;/h3-4,9,13,16H,2,5-8H2,1H3;1H/t13-;/m0./s1. The summed E-state index contributed by atoms with van der Waals surface area (Å²) < 4.78 is 14.4. The SMILES string of the molecule is CC[C@@H](c1cc(F)ccc1Br)N1CCNCC1.Cl. The number of halogens is 3. The van der Waals surface area contributed by atoms with Crippen molar-refractivity contribution in [1.82, 2.24) is 10.2 Å². The first kappa shape index (κ1) is 15.9. The maximum atomic E-state index is 13.4. The third-order valence-electron chi connectivity index (χ3n) is 3.30. The third kappa shape index (κ3) is 3.67. The van der Waals surface area contributed by atoms with E-state index in [0.717, 1.165) is 42.6 Å². The normalized spacial score (nSPS) is 18.2. The van der Waals surface area contributed by atoms with Crippen molar-refractivity contribution in [2.75, 3.05) is 26.2 Å². The lowest BCUT2D eigenvalue weighted by molar-refractivity contribution is 0.168. The summed E-state index contributed by atoms with van der Waals surface area (Å²) in [6, 6.07) is 5.26. The Bertz CT molecular complexity index is 383. The van der Waals surface area contributed by atoms with Crippen LogP contribution in [0.3, 0.4) is 0 Å². The number of rotatable bonds is 3. The minimum Gasteiger partial charge on any atom is -0.314 e. The fourth-order valence-corrected chi connectivity index (χ4v) is 2.95. The summed E-state index contributed by atoms with van der Waals surface area (Å²) in [6.45, 7) is 6.25. The molecule has 0 saturated carbocycles. The Morgan fingerprint density at radius 2 is 2.06 bits per heavy atom. The monoisotopic (exact) mass is 336 g/mol. The summed E-state index contributed by atoms with van der Waals surface area (Å²) in [7, 11) is 0. The smallest absolute Gasteiger partial charge is 0.123 e. The number of piperazine rings is 1. The zero-order valence-corrected chi connectivity index (χ0v) is 12.9. The van der Waals surface area contributed by atoms with Crippen LogP contribution in [0.2, 0.25) is 0 Å². The lowest BCUT2D eigenvalue weighted by atomic mass is 10.0. The average molecular weight is 338 g/mol. The van der Waals surface area contributed by atoms with Crippen molar-refractivity contribution in [2.24, 2.45) is 0 Å². The number of hydrogen-bond donors (Lipinski definition) is 1. The highest BCUT2D eigenvalue weighted by Crippen LogP contribution is 2.31. The largest absolute Gasteiger partial charge is 0.314 e. The summed E-state index contributed by atoms with van der Waals surface area (Å²) in [5.41, 5.74) is 1.06. The molecule has 2 rings (SSSR count).